The molecule has 1 unspecified atom stereocenters. The number of thioether (sulfide) groups is 1. The minimum atomic E-state index is -5.08. The van der Waals surface area contributed by atoms with Gasteiger partial charge in [0.05, 0.1) is 0 Å². The Hall–Kier alpha value is -0.0300. The minimum absolute atomic E-state index is 0.223. The number of hydrogen-bond donors (Lipinski definition) is 3. The maximum absolute atomic E-state index is 11.1. The van der Waals surface area contributed by atoms with Crippen LogP contribution in [0.4, 0.5) is 0 Å². The molecule has 0 aromatic heterocycles. The molecule has 0 saturated carbocycles. The van der Waals surface area contributed by atoms with Crippen LogP contribution in [0.5, 0.6) is 0 Å². The van der Waals surface area contributed by atoms with Gasteiger partial charge in [0, 0.05) is 0 Å². The van der Waals surface area contributed by atoms with Crippen molar-refractivity contribution >= 4 is 35.9 Å². The van der Waals surface area contributed by atoms with Crippen molar-refractivity contribution < 1.29 is 32.4 Å². The van der Waals surface area contributed by atoms with E-state index < -0.39 is 15.6 Å². The summed E-state index contributed by atoms with van der Waals surface area (Å²) in [6, 6.07) is 9.85. The zero-order valence-corrected chi connectivity index (χ0v) is 14.2. The van der Waals surface area contributed by atoms with Crippen LogP contribution in [-0.4, -0.2) is 27.0 Å². The van der Waals surface area contributed by atoms with E-state index in [9.17, 15) is 9.13 Å². The van der Waals surface area contributed by atoms with E-state index in [-0.39, 0.29) is 8.44 Å². The molecule has 3 N–H and O–H groups in total. The predicted octanol–water partition coefficient (Wildman–Crippen LogP) is 3.30. The molecule has 0 heterocycles. The molecule has 1 atom stereocenters. The van der Waals surface area contributed by atoms with Crippen LogP contribution in [0, 0.1) is 0 Å². The standard InChI is InChI=1S/C9H14NO7P3S/c11-19(12,13)17-20(14,15)16-18-10-6-7-21-8-9-4-2-1-3-5-9/h1-5H,6-8H2,(H,14,15)(H2,11,12,13)/q+1. The predicted molar refractivity (Wildman–Crippen MR) is 81.8 cm³/mol. The van der Waals surface area contributed by atoms with Crippen molar-refractivity contribution in [2.45, 2.75) is 5.75 Å². The topological polar surface area (TPSA) is 118 Å². The van der Waals surface area contributed by atoms with Gasteiger partial charge >= 0.3 is 127 Å². The van der Waals surface area contributed by atoms with Gasteiger partial charge in [-0.2, -0.15) is 0 Å². The molecule has 0 aliphatic heterocycles. The van der Waals surface area contributed by atoms with E-state index in [4.69, 9.17) is 14.7 Å². The Bertz CT molecular complexity index is 596. The fraction of sp³-hybridized carbons (Fsp3) is 0.333. The van der Waals surface area contributed by atoms with E-state index in [0.717, 1.165) is 5.75 Å². The first-order valence-electron chi connectivity index (χ1n) is 5.55. The number of hydrogen-bond acceptors (Lipinski definition) is 5. The van der Waals surface area contributed by atoms with Gasteiger partial charge in [-0.15, -0.1) is 0 Å². The summed E-state index contributed by atoms with van der Waals surface area (Å²) in [5.41, 5.74) is 1.19. The number of benzene rings is 1. The molecular weight excluding hydrogens is 359 g/mol. The Labute approximate surface area is 127 Å². The molecule has 117 valence electrons. The van der Waals surface area contributed by atoms with Gasteiger partial charge in [0.15, 0.2) is 0 Å². The van der Waals surface area contributed by atoms with Crippen molar-refractivity contribution in [2.75, 3.05) is 12.3 Å². The average molecular weight is 373 g/mol. The zero-order chi connectivity index (χ0) is 15.8. The Kier molecular flexibility index (Phi) is 8.32. The second-order valence-electron chi connectivity index (χ2n) is 3.61. The van der Waals surface area contributed by atoms with Gasteiger partial charge in [-0.3, -0.25) is 0 Å². The molecule has 1 aromatic carbocycles. The van der Waals surface area contributed by atoms with E-state index in [1.165, 1.54) is 5.56 Å². The van der Waals surface area contributed by atoms with Crippen molar-refractivity contribution in [1.82, 2.24) is 0 Å². The van der Waals surface area contributed by atoms with Crippen molar-refractivity contribution in [3.8, 4) is 0 Å². The molecule has 0 spiro atoms. The first-order chi connectivity index (χ1) is 9.79. The van der Waals surface area contributed by atoms with E-state index in [2.05, 4.69) is 13.2 Å². The fourth-order valence-electron chi connectivity index (χ4n) is 1.13. The number of nitrogens with zero attached hydrogens (tertiary/aromatic N) is 1. The monoisotopic (exact) mass is 373 g/mol. The van der Waals surface area contributed by atoms with Gasteiger partial charge in [0.2, 0.25) is 0 Å². The normalized spacial score (nSPS) is 14.2. The van der Waals surface area contributed by atoms with E-state index in [0.29, 0.717) is 12.3 Å². The van der Waals surface area contributed by atoms with Gasteiger partial charge in [0.25, 0.3) is 0 Å². The first-order valence-corrected chi connectivity index (χ1v) is 10.5. The molecule has 1 radical (unpaired) electrons. The molecule has 1 rings (SSSR count). The van der Waals surface area contributed by atoms with Gasteiger partial charge in [-0.1, -0.05) is 0 Å². The second kappa shape index (κ2) is 9.19. The van der Waals surface area contributed by atoms with Gasteiger partial charge in [-0.05, 0) is 0 Å². The molecular formula is C9H14NO7P3S+. The van der Waals surface area contributed by atoms with Crippen molar-refractivity contribution in [3.63, 3.8) is 0 Å². The van der Waals surface area contributed by atoms with Gasteiger partial charge in [0.1, 0.15) is 0 Å². The third kappa shape index (κ3) is 10.3. The Balaban J connectivity index is 2.22. The second-order valence-corrected chi connectivity index (χ2v) is 8.38. The maximum atomic E-state index is 11.1. The summed E-state index contributed by atoms with van der Waals surface area (Å²) in [5, 5.41) is 0. The molecule has 0 amide bonds. The third-order valence-electron chi connectivity index (χ3n) is 1.85. The van der Waals surface area contributed by atoms with Crippen LogP contribution in [0.3, 0.4) is 0 Å². The van der Waals surface area contributed by atoms with E-state index >= 15 is 0 Å². The molecule has 21 heavy (non-hydrogen) atoms. The van der Waals surface area contributed by atoms with E-state index in [1.54, 1.807) is 11.8 Å². The third-order valence-corrected chi connectivity index (χ3v) is 5.97. The molecule has 8 nitrogen and oxygen atoms in total. The van der Waals surface area contributed by atoms with Crippen LogP contribution in [0.1, 0.15) is 5.56 Å². The molecule has 12 heteroatoms. The van der Waals surface area contributed by atoms with Crippen LogP contribution >= 0.6 is 35.9 Å². The number of rotatable bonds is 7. The molecule has 0 aliphatic carbocycles. The average Bonchev–Trinajstić information content (AvgIpc) is 2.36. The van der Waals surface area contributed by atoms with Gasteiger partial charge < -0.3 is 0 Å². The summed E-state index contributed by atoms with van der Waals surface area (Å²) in [6.07, 6.45) is 0. The first kappa shape index (κ1) is 19.0. The summed E-state index contributed by atoms with van der Waals surface area (Å²) in [4.78, 5) is 25.7. The Morgan fingerprint density at radius 3 is 2.48 bits per heavy atom. The Morgan fingerprint density at radius 2 is 1.86 bits per heavy atom. The molecule has 0 saturated heterocycles. The molecule has 0 aliphatic rings. The molecule has 1 aromatic rings. The summed E-state index contributed by atoms with van der Waals surface area (Å²) < 4.78 is 33.1. The van der Waals surface area contributed by atoms with E-state index in [1.807, 2.05) is 30.3 Å². The summed E-state index contributed by atoms with van der Waals surface area (Å²) in [7, 11) is -10.1. The Morgan fingerprint density at radius 1 is 1.19 bits per heavy atom. The van der Waals surface area contributed by atoms with Gasteiger partial charge in [-0.25, -0.2) is 0 Å². The van der Waals surface area contributed by atoms with Crippen molar-refractivity contribution in [2.24, 2.45) is 0 Å². The SMILES string of the molecule is O=P(O)(O)OP(=O)(O)O[P]#[N+]CCSCc1ccccc1. The van der Waals surface area contributed by atoms with Crippen LogP contribution in [0.25, 0.3) is 4.59 Å². The summed E-state index contributed by atoms with van der Waals surface area (Å²) in [6.45, 7) is 0.370. The van der Waals surface area contributed by atoms with Crippen LogP contribution in [-0.2, 0) is 23.5 Å². The summed E-state index contributed by atoms with van der Waals surface area (Å²) >= 11 is 1.63. The fourth-order valence-corrected chi connectivity index (χ4v) is 4.28. The van der Waals surface area contributed by atoms with Crippen molar-refractivity contribution in [1.29, 1.82) is 0 Å². The zero-order valence-electron chi connectivity index (χ0n) is 10.7. The molecule has 0 fully saturated rings. The quantitative estimate of drug-likeness (QED) is 0.492. The van der Waals surface area contributed by atoms with Crippen LogP contribution in [0.2, 0.25) is 0 Å². The molecule has 0 bridgehead atoms. The van der Waals surface area contributed by atoms with Crippen molar-refractivity contribution in [3.05, 3.63) is 40.5 Å². The van der Waals surface area contributed by atoms with Crippen LogP contribution < -0.4 is 0 Å². The summed E-state index contributed by atoms with van der Waals surface area (Å²) in [5.74, 6) is 1.51. The number of phosphoric acid groups is 2. The van der Waals surface area contributed by atoms with Crippen LogP contribution in [0.15, 0.2) is 30.3 Å².